The average molecular weight is 506 g/mol. The van der Waals surface area contributed by atoms with Gasteiger partial charge in [0.2, 0.25) is 0 Å². The number of carbonyl (C=O) groups is 1. The minimum absolute atomic E-state index is 0.108. The molecular weight excluding hydrogens is 478 g/mol. The molecular formula is C28H28ClN3O4. The Bertz CT molecular complexity index is 1480. The predicted octanol–water partition coefficient (Wildman–Crippen LogP) is 5.71. The van der Waals surface area contributed by atoms with Crippen molar-refractivity contribution in [1.29, 1.82) is 0 Å². The SMILES string of the molecule is CC(C)(C)OC(=O)N1CCc2oc3cc(-n4ccc(CCc5ccc(Cl)cn5)cc4=O)ccc3c2C1. The Labute approximate surface area is 214 Å². The van der Waals surface area contributed by atoms with Crippen LogP contribution in [0.15, 0.2) is 64.1 Å². The maximum absolute atomic E-state index is 12.9. The molecule has 7 nitrogen and oxygen atoms in total. The molecule has 0 saturated carbocycles. The van der Waals surface area contributed by atoms with Gasteiger partial charge in [-0.3, -0.25) is 14.3 Å². The third-order valence-electron chi connectivity index (χ3n) is 6.19. The summed E-state index contributed by atoms with van der Waals surface area (Å²) in [6.45, 7) is 6.57. The van der Waals surface area contributed by atoms with Crippen LogP contribution in [0.1, 0.15) is 43.4 Å². The summed E-state index contributed by atoms with van der Waals surface area (Å²) in [4.78, 5) is 31.5. The van der Waals surface area contributed by atoms with E-state index in [0.717, 1.165) is 40.1 Å². The molecule has 1 aliphatic heterocycles. The second-order valence-corrected chi connectivity index (χ2v) is 10.5. The topological polar surface area (TPSA) is 77.6 Å². The quantitative estimate of drug-likeness (QED) is 0.355. The first-order valence-corrected chi connectivity index (χ1v) is 12.4. The van der Waals surface area contributed by atoms with Crippen LogP contribution in [0, 0.1) is 0 Å². The number of aryl methyl sites for hydroxylation is 2. The Morgan fingerprint density at radius 1 is 1.14 bits per heavy atom. The molecule has 1 aromatic carbocycles. The van der Waals surface area contributed by atoms with Crippen LogP contribution in [-0.2, 0) is 30.5 Å². The number of ether oxygens (including phenoxy) is 1. The molecule has 1 aliphatic rings. The van der Waals surface area contributed by atoms with Crippen LogP contribution in [0.25, 0.3) is 16.7 Å². The highest BCUT2D eigenvalue weighted by atomic mass is 35.5. The van der Waals surface area contributed by atoms with E-state index in [1.165, 1.54) is 0 Å². The number of pyridine rings is 2. The van der Waals surface area contributed by atoms with Crippen molar-refractivity contribution < 1.29 is 13.9 Å². The fraction of sp³-hybridized carbons (Fsp3) is 0.321. The summed E-state index contributed by atoms with van der Waals surface area (Å²) in [5.74, 6) is 0.875. The van der Waals surface area contributed by atoms with Crippen LogP contribution < -0.4 is 5.56 Å². The van der Waals surface area contributed by atoms with E-state index < -0.39 is 5.60 Å². The predicted molar refractivity (Wildman–Crippen MR) is 139 cm³/mol. The van der Waals surface area contributed by atoms with Crippen molar-refractivity contribution in [2.24, 2.45) is 0 Å². The standard InChI is InChI=1S/C28H28ClN3O4/c1-28(2,3)36-27(34)31-12-11-24-23(17-31)22-9-8-21(15-25(22)35-24)32-13-10-18(14-26(32)33)4-6-20-7-5-19(29)16-30-20/h5,7-10,13-16H,4,6,11-12,17H2,1-3H3. The molecule has 0 unspecified atom stereocenters. The third kappa shape index (κ3) is 5.16. The number of fused-ring (bicyclic) bond motifs is 3. The molecule has 1 amide bonds. The molecule has 0 radical (unpaired) electrons. The zero-order chi connectivity index (χ0) is 25.4. The number of halogens is 1. The molecule has 36 heavy (non-hydrogen) atoms. The molecule has 0 bridgehead atoms. The monoisotopic (exact) mass is 505 g/mol. The van der Waals surface area contributed by atoms with Crippen molar-refractivity contribution in [3.05, 3.63) is 92.8 Å². The summed E-state index contributed by atoms with van der Waals surface area (Å²) in [5.41, 5.74) is 3.66. The van der Waals surface area contributed by atoms with Gasteiger partial charge in [-0.1, -0.05) is 11.6 Å². The van der Waals surface area contributed by atoms with E-state index in [1.807, 2.05) is 57.2 Å². The van der Waals surface area contributed by atoms with Gasteiger partial charge in [0.25, 0.3) is 5.56 Å². The van der Waals surface area contributed by atoms with Crippen molar-refractivity contribution in [3.63, 3.8) is 0 Å². The molecule has 0 saturated heterocycles. The van der Waals surface area contributed by atoms with Crippen molar-refractivity contribution in [3.8, 4) is 5.69 Å². The normalized spacial score (nSPS) is 13.6. The Kier molecular flexibility index (Phi) is 6.35. The Hall–Kier alpha value is -3.58. The summed E-state index contributed by atoms with van der Waals surface area (Å²) in [7, 11) is 0. The minimum atomic E-state index is -0.541. The van der Waals surface area contributed by atoms with E-state index in [1.54, 1.807) is 27.9 Å². The molecule has 8 heteroatoms. The molecule has 0 N–H and O–H groups in total. The number of furan rings is 1. The number of carbonyl (C=O) groups excluding carboxylic acids is 1. The van der Waals surface area contributed by atoms with Gasteiger partial charge in [0.05, 0.1) is 17.3 Å². The van der Waals surface area contributed by atoms with Gasteiger partial charge in [-0.15, -0.1) is 0 Å². The van der Waals surface area contributed by atoms with Gasteiger partial charge >= 0.3 is 6.09 Å². The lowest BCUT2D eigenvalue weighted by Crippen LogP contribution is -2.39. The molecule has 4 heterocycles. The van der Waals surface area contributed by atoms with E-state index in [4.69, 9.17) is 20.8 Å². The first-order chi connectivity index (χ1) is 17.2. The molecule has 186 valence electrons. The molecule has 0 fully saturated rings. The fourth-order valence-electron chi connectivity index (χ4n) is 4.42. The molecule has 0 atom stereocenters. The second-order valence-electron chi connectivity index (χ2n) is 10.0. The maximum Gasteiger partial charge on any atom is 0.410 e. The van der Waals surface area contributed by atoms with Crippen LogP contribution >= 0.6 is 11.6 Å². The summed E-state index contributed by atoms with van der Waals surface area (Å²) in [5, 5.41) is 1.55. The molecule has 3 aromatic heterocycles. The van der Waals surface area contributed by atoms with Crippen LogP contribution in [-0.4, -0.2) is 32.7 Å². The van der Waals surface area contributed by atoms with Crippen LogP contribution in [0.5, 0.6) is 0 Å². The van der Waals surface area contributed by atoms with Crippen molar-refractivity contribution >= 4 is 28.7 Å². The highest BCUT2D eigenvalue weighted by Crippen LogP contribution is 2.32. The zero-order valence-corrected chi connectivity index (χ0v) is 21.3. The lowest BCUT2D eigenvalue weighted by atomic mass is 10.0. The zero-order valence-electron chi connectivity index (χ0n) is 20.6. The lowest BCUT2D eigenvalue weighted by Gasteiger charge is -2.29. The van der Waals surface area contributed by atoms with Gasteiger partial charge in [0, 0.05) is 54.1 Å². The number of hydrogen-bond acceptors (Lipinski definition) is 5. The summed E-state index contributed by atoms with van der Waals surface area (Å²) >= 11 is 5.90. The van der Waals surface area contributed by atoms with E-state index in [-0.39, 0.29) is 11.7 Å². The summed E-state index contributed by atoms with van der Waals surface area (Å²) in [6.07, 6.45) is 5.16. The third-order valence-corrected chi connectivity index (χ3v) is 6.41. The number of amides is 1. The first-order valence-electron chi connectivity index (χ1n) is 12.0. The number of hydrogen-bond donors (Lipinski definition) is 0. The highest BCUT2D eigenvalue weighted by Gasteiger charge is 2.29. The molecule has 5 rings (SSSR count). The molecule has 0 spiro atoms. The highest BCUT2D eigenvalue weighted by molar-refractivity contribution is 6.30. The van der Waals surface area contributed by atoms with E-state index in [9.17, 15) is 9.59 Å². The van der Waals surface area contributed by atoms with Gasteiger partial charge in [0.15, 0.2) is 0 Å². The largest absolute Gasteiger partial charge is 0.461 e. The van der Waals surface area contributed by atoms with Crippen molar-refractivity contribution in [1.82, 2.24) is 14.5 Å². The average Bonchev–Trinajstić information content (AvgIpc) is 3.19. The van der Waals surface area contributed by atoms with E-state index >= 15 is 0 Å². The Balaban J connectivity index is 1.34. The number of aromatic nitrogens is 2. The van der Waals surface area contributed by atoms with Gasteiger partial charge < -0.3 is 14.1 Å². The lowest BCUT2D eigenvalue weighted by molar-refractivity contribution is 0.0220. The smallest absolute Gasteiger partial charge is 0.410 e. The second kappa shape index (κ2) is 9.47. The van der Waals surface area contributed by atoms with Crippen molar-refractivity contribution in [2.45, 2.75) is 52.2 Å². The van der Waals surface area contributed by atoms with Gasteiger partial charge in [-0.05, 0) is 69.5 Å². The number of rotatable bonds is 4. The number of nitrogens with zero attached hydrogens (tertiary/aromatic N) is 3. The van der Waals surface area contributed by atoms with Crippen LogP contribution in [0.4, 0.5) is 4.79 Å². The van der Waals surface area contributed by atoms with E-state index in [2.05, 4.69) is 4.98 Å². The van der Waals surface area contributed by atoms with Gasteiger partial charge in [-0.25, -0.2) is 4.79 Å². The van der Waals surface area contributed by atoms with Crippen LogP contribution in [0.3, 0.4) is 0 Å². The maximum atomic E-state index is 12.9. The first kappa shape index (κ1) is 24.1. The molecule has 0 aliphatic carbocycles. The fourth-order valence-corrected chi connectivity index (χ4v) is 4.53. The van der Waals surface area contributed by atoms with Crippen molar-refractivity contribution in [2.75, 3.05) is 6.54 Å². The van der Waals surface area contributed by atoms with E-state index in [0.29, 0.717) is 36.5 Å². The summed E-state index contributed by atoms with van der Waals surface area (Å²) < 4.78 is 13.3. The Morgan fingerprint density at radius 2 is 1.97 bits per heavy atom. The number of benzene rings is 1. The molecule has 4 aromatic rings. The Morgan fingerprint density at radius 3 is 2.69 bits per heavy atom. The summed E-state index contributed by atoms with van der Waals surface area (Å²) in [6, 6.07) is 13.1. The van der Waals surface area contributed by atoms with Gasteiger partial charge in [-0.2, -0.15) is 0 Å². The van der Waals surface area contributed by atoms with Gasteiger partial charge in [0.1, 0.15) is 16.9 Å². The minimum Gasteiger partial charge on any atom is -0.461 e. The van der Waals surface area contributed by atoms with Crippen LogP contribution in [0.2, 0.25) is 5.02 Å².